The summed E-state index contributed by atoms with van der Waals surface area (Å²) in [5.41, 5.74) is -0.791. The maximum absolute atomic E-state index is 10.8. The highest BCUT2D eigenvalue weighted by Crippen LogP contribution is 2.29. The van der Waals surface area contributed by atoms with Gasteiger partial charge in [-0.05, 0) is 32.9 Å². The van der Waals surface area contributed by atoms with Crippen LogP contribution in [0.15, 0.2) is 12.1 Å². The van der Waals surface area contributed by atoms with Gasteiger partial charge in [0.05, 0.1) is 5.41 Å². The highest BCUT2D eigenvalue weighted by molar-refractivity contribution is 7.12. The van der Waals surface area contributed by atoms with E-state index in [1.807, 2.05) is 12.1 Å². The Morgan fingerprint density at radius 3 is 2.50 bits per heavy atom. The first-order valence-electron chi connectivity index (χ1n) is 3.60. The highest BCUT2D eigenvalue weighted by Gasteiger charge is 2.30. The number of aliphatic carboxylic acids is 1. The molecule has 0 saturated heterocycles. The number of carboxylic acid groups (broad SMARTS) is 1. The summed E-state index contributed by atoms with van der Waals surface area (Å²) >= 11 is 1.43. The SMILES string of the molecule is [CH2]c1ccc(C(C)(C)C(=O)O)s1. The Bertz CT molecular complexity index is 299. The molecule has 65 valence electrons. The fourth-order valence-corrected chi connectivity index (χ4v) is 1.72. The Balaban J connectivity index is 3.05. The van der Waals surface area contributed by atoms with Crippen molar-refractivity contribution in [3.05, 3.63) is 28.8 Å². The summed E-state index contributed by atoms with van der Waals surface area (Å²) in [6.07, 6.45) is 0. The van der Waals surface area contributed by atoms with Crippen LogP contribution in [0.3, 0.4) is 0 Å². The molecule has 1 radical (unpaired) electrons. The highest BCUT2D eigenvalue weighted by atomic mass is 32.1. The lowest BCUT2D eigenvalue weighted by Crippen LogP contribution is -2.27. The van der Waals surface area contributed by atoms with E-state index in [1.54, 1.807) is 13.8 Å². The van der Waals surface area contributed by atoms with Crippen molar-refractivity contribution in [3.8, 4) is 0 Å². The molecule has 1 rings (SSSR count). The molecule has 12 heavy (non-hydrogen) atoms. The second-order valence-corrected chi connectivity index (χ2v) is 4.36. The molecule has 0 unspecified atom stereocenters. The molecule has 0 saturated carbocycles. The lowest BCUT2D eigenvalue weighted by atomic mass is 9.92. The van der Waals surface area contributed by atoms with Crippen LogP contribution in [0.25, 0.3) is 0 Å². The lowest BCUT2D eigenvalue weighted by Gasteiger charge is -2.16. The number of rotatable bonds is 2. The van der Waals surface area contributed by atoms with Gasteiger partial charge in [0, 0.05) is 9.75 Å². The van der Waals surface area contributed by atoms with Gasteiger partial charge in [-0.25, -0.2) is 0 Å². The Labute approximate surface area is 75.9 Å². The van der Waals surface area contributed by atoms with Crippen LogP contribution in [-0.2, 0) is 10.2 Å². The van der Waals surface area contributed by atoms with E-state index in [0.29, 0.717) is 0 Å². The van der Waals surface area contributed by atoms with Crippen molar-refractivity contribution in [2.75, 3.05) is 0 Å². The zero-order chi connectivity index (χ0) is 9.35. The first-order valence-corrected chi connectivity index (χ1v) is 4.42. The largest absolute Gasteiger partial charge is 0.481 e. The average Bonchev–Trinajstić information content (AvgIpc) is 2.35. The summed E-state index contributed by atoms with van der Waals surface area (Å²) in [5, 5.41) is 8.89. The van der Waals surface area contributed by atoms with E-state index in [9.17, 15) is 4.79 Å². The van der Waals surface area contributed by atoms with E-state index < -0.39 is 11.4 Å². The van der Waals surface area contributed by atoms with Crippen LogP contribution in [0.1, 0.15) is 23.6 Å². The fourth-order valence-electron chi connectivity index (χ4n) is 0.819. The Morgan fingerprint density at radius 2 is 2.17 bits per heavy atom. The maximum atomic E-state index is 10.8. The van der Waals surface area contributed by atoms with E-state index in [4.69, 9.17) is 5.11 Å². The molecular weight excluding hydrogens is 172 g/mol. The third kappa shape index (κ3) is 1.50. The molecule has 0 fully saturated rings. The van der Waals surface area contributed by atoms with Gasteiger partial charge in [-0.1, -0.05) is 0 Å². The zero-order valence-corrected chi connectivity index (χ0v) is 7.94. The first-order chi connectivity index (χ1) is 5.44. The molecule has 1 aromatic heterocycles. The minimum atomic E-state index is -0.802. The minimum Gasteiger partial charge on any atom is -0.481 e. The van der Waals surface area contributed by atoms with Crippen LogP contribution in [0.2, 0.25) is 0 Å². The summed E-state index contributed by atoms with van der Waals surface area (Å²) < 4.78 is 0. The predicted molar refractivity (Wildman–Crippen MR) is 49.4 cm³/mol. The number of carboxylic acids is 1. The van der Waals surface area contributed by atoms with Crippen LogP contribution in [-0.4, -0.2) is 11.1 Å². The molecule has 3 heteroatoms. The van der Waals surface area contributed by atoms with Gasteiger partial charge in [-0.2, -0.15) is 0 Å². The van der Waals surface area contributed by atoms with Gasteiger partial charge in [0.25, 0.3) is 0 Å². The first kappa shape index (κ1) is 9.26. The number of hydrogen-bond donors (Lipinski definition) is 1. The molecule has 1 N–H and O–H groups in total. The Morgan fingerprint density at radius 1 is 1.58 bits per heavy atom. The van der Waals surface area contributed by atoms with Crippen molar-refractivity contribution < 1.29 is 9.90 Å². The summed E-state index contributed by atoms with van der Waals surface area (Å²) in [5.74, 6) is -0.802. The smallest absolute Gasteiger partial charge is 0.314 e. The van der Waals surface area contributed by atoms with Crippen LogP contribution in [0.4, 0.5) is 0 Å². The van der Waals surface area contributed by atoms with Gasteiger partial charge in [0.15, 0.2) is 0 Å². The van der Waals surface area contributed by atoms with Crippen molar-refractivity contribution >= 4 is 17.3 Å². The van der Waals surface area contributed by atoms with Crippen molar-refractivity contribution in [2.24, 2.45) is 0 Å². The quantitative estimate of drug-likeness (QED) is 0.763. The van der Waals surface area contributed by atoms with Gasteiger partial charge >= 0.3 is 5.97 Å². The topological polar surface area (TPSA) is 37.3 Å². The molecule has 0 atom stereocenters. The summed E-state index contributed by atoms with van der Waals surface area (Å²) in [7, 11) is 0. The molecule has 0 bridgehead atoms. The van der Waals surface area contributed by atoms with Crippen LogP contribution in [0.5, 0.6) is 0 Å². The molecular formula is C9H11O2S. The van der Waals surface area contributed by atoms with Gasteiger partial charge in [0.1, 0.15) is 0 Å². The summed E-state index contributed by atoms with van der Waals surface area (Å²) in [4.78, 5) is 12.6. The van der Waals surface area contributed by atoms with Crippen molar-refractivity contribution in [1.82, 2.24) is 0 Å². The van der Waals surface area contributed by atoms with Crippen molar-refractivity contribution in [1.29, 1.82) is 0 Å². The van der Waals surface area contributed by atoms with Gasteiger partial charge in [-0.3, -0.25) is 4.79 Å². The van der Waals surface area contributed by atoms with E-state index in [-0.39, 0.29) is 0 Å². The number of thiophene rings is 1. The van der Waals surface area contributed by atoms with Gasteiger partial charge < -0.3 is 5.11 Å². The third-order valence-electron chi connectivity index (χ3n) is 1.81. The molecule has 2 nitrogen and oxygen atoms in total. The second-order valence-electron chi connectivity index (χ2n) is 3.20. The molecule has 0 aliphatic carbocycles. The third-order valence-corrected chi connectivity index (χ3v) is 3.08. The summed E-state index contributed by atoms with van der Waals surface area (Å²) in [6, 6.07) is 3.66. The van der Waals surface area contributed by atoms with Gasteiger partial charge in [-0.15, -0.1) is 11.3 Å². The number of hydrogen-bond acceptors (Lipinski definition) is 2. The normalized spacial score (nSPS) is 11.6. The second kappa shape index (κ2) is 2.90. The number of carbonyl (C=O) groups is 1. The van der Waals surface area contributed by atoms with Crippen LogP contribution < -0.4 is 0 Å². The van der Waals surface area contributed by atoms with E-state index in [2.05, 4.69) is 6.92 Å². The minimum absolute atomic E-state index is 0.791. The molecule has 0 aliphatic rings. The van der Waals surface area contributed by atoms with E-state index in [1.165, 1.54) is 11.3 Å². The van der Waals surface area contributed by atoms with Crippen LogP contribution >= 0.6 is 11.3 Å². The van der Waals surface area contributed by atoms with E-state index >= 15 is 0 Å². The van der Waals surface area contributed by atoms with E-state index in [0.717, 1.165) is 9.75 Å². The molecule has 0 amide bonds. The fraction of sp³-hybridized carbons (Fsp3) is 0.333. The average molecular weight is 183 g/mol. The van der Waals surface area contributed by atoms with Crippen molar-refractivity contribution in [2.45, 2.75) is 19.3 Å². The molecule has 1 aromatic rings. The van der Waals surface area contributed by atoms with Crippen LogP contribution in [0, 0.1) is 6.92 Å². The zero-order valence-electron chi connectivity index (χ0n) is 7.13. The molecule has 0 spiro atoms. The van der Waals surface area contributed by atoms with Gasteiger partial charge in [0.2, 0.25) is 0 Å². The Hall–Kier alpha value is -0.830. The molecule has 1 heterocycles. The monoisotopic (exact) mass is 183 g/mol. The summed E-state index contributed by atoms with van der Waals surface area (Å²) in [6.45, 7) is 7.13. The Kier molecular flexibility index (Phi) is 2.24. The predicted octanol–water partition coefficient (Wildman–Crippen LogP) is 2.29. The molecule has 0 aromatic carbocycles. The lowest BCUT2D eigenvalue weighted by molar-refractivity contribution is -0.142. The van der Waals surface area contributed by atoms with Crippen molar-refractivity contribution in [3.63, 3.8) is 0 Å². The maximum Gasteiger partial charge on any atom is 0.314 e. The molecule has 0 aliphatic heterocycles. The standard InChI is InChI=1S/C9H11O2S/c1-6-4-5-7(12-6)9(2,3)8(10)11/h4-5H,1H2,2-3H3,(H,10,11).